The average Bonchev–Trinajstić information content (AvgIpc) is 2.30. The van der Waals surface area contributed by atoms with Crippen molar-refractivity contribution in [2.75, 3.05) is 38.2 Å². The second-order valence-corrected chi connectivity index (χ2v) is 4.38. The zero-order valence-corrected chi connectivity index (χ0v) is 10.4. The van der Waals surface area contributed by atoms with Crippen LogP contribution in [0.25, 0.3) is 0 Å². The van der Waals surface area contributed by atoms with E-state index in [0.717, 1.165) is 36.4 Å². The average molecular weight is 271 g/mol. The molecule has 0 atom stereocenters. The van der Waals surface area contributed by atoms with Gasteiger partial charge in [-0.1, -0.05) is 6.07 Å². The highest BCUT2D eigenvalue weighted by Gasteiger charge is 2.15. The zero-order chi connectivity index (χ0) is 10.7. The number of para-hydroxylation sites is 1. The number of anilines is 1. The van der Waals surface area contributed by atoms with Crippen molar-refractivity contribution in [3.63, 3.8) is 0 Å². The van der Waals surface area contributed by atoms with Gasteiger partial charge in [-0.15, -0.1) is 0 Å². The summed E-state index contributed by atoms with van der Waals surface area (Å²) in [5, 5.41) is 3.34. The minimum absolute atomic E-state index is 0.930. The van der Waals surface area contributed by atoms with E-state index in [-0.39, 0.29) is 0 Å². The van der Waals surface area contributed by atoms with Crippen molar-refractivity contribution in [3.8, 4) is 5.75 Å². The smallest absolute Gasteiger partial charge is 0.156 e. The third kappa shape index (κ3) is 2.26. The number of piperazine rings is 1. The molecule has 1 saturated heterocycles. The van der Waals surface area contributed by atoms with Gasteiger partial charge in [0.15, 0.2) is 5.75 Å². The van der Waals surface area contributed by atoms with E-state index >= 15 is 0 Å². The lowest BCUT2D eigenvalue weighted by Gasteiger charge is -2.30. The molecule has 1 fully saturated rings. The first-order valence-electron chi connectivity index (χ1n) is 5.11. The maximum absolute atomic E-state index is 5.42. The first-order chi connectivity index (χ1) is 7.33. The Labute approximate surface area is 98.5 Å². The van der Waals surface area contributed by atoms with Gasteiger partial charge in [-0.25, -0.2) is 0 Å². The standard InChI is InChI=1S/C11H15BrN2O/c1-15-11-9(12)3-2-4-10(11)14-7-5-13-6-8-14/h2-4,13H,5-8H2,1H3. The van der Waals surface area contributed by atoms with Gasteiger partial charge in [0, 0.05) is 26.2 Å². The summed E-state index contributed by atoms with van der Waals surface area (Å²) >= 11 is 3.51. The molecule has 0 aromatic heterocycles. The molecular weight excluding hydrogens is 256 g/mol. The summed E-state index contributed by atoms with van der Waals surface area (Å²) in [5.74, 6) is 0.930. The highest BCUT2D eigenvalue weighted by atomic mass is 79.9. The van der Waals surface area contributed by atoms with Gasteiger partial charge in [-0.2, -0.15) is 0 Å². The molecule has 0 aliphatic carbocycles. The van der Waals surface area contributed by atoms with Crippen molar-refractivity contribution in [2.45, 2.75) is 0 Å². The monoisotopic (exact) mass is 270 g/mol. The Morgan fingerprint density at radius 3 is 2.73 bits per heavy atom. The van der Waals surface area contributed by atoms with Crippen LogP contribution in [0.15, 0.2) is 22.7 Å². The van der Waals surface area contributed by atoms with Gasteiger partial charge < -0.3 is 15.0 Å². The second kappa shape index (κ2) is 4.86. The molecule has 0 saturated carbocycles. The Morgan fingerprint density at radius 2 is 2.07 bits per heavy atom. The molecule has 82 valence electrons. The molecule has 3 nitrogen and oxygen atoms in total. The van der Waals surface area contributed by atoms with Gasteiger partial charge in [0.2, 0.25) is 0 Å². The molecule has 15 heavy (non-hydrogen) atoms. The van der Waals surface area contributed by atoms with Gasteiger partial charge in [0.1, 0.15) is 0 Å². The maximum atomic E-state index is 5.42. The van der Waals surface area contributed by atoms with Crippen molar-refractivity contribution < 1.29 is 4.74 Å². The third-order valence-electron chi connectivity index (χ3n) is 2.61. The van der Waals surface area contributed by atoms with Crippen LogP contribution in [0.4, 0.5) is 5.69 Å². The van der Waals surface area contributed by atoms with Crippen molar-refractivity contribution in [3.05, 3.63) is 22.7 Å². The molecule has 2 rings (SSSR count). The van der Waals surface area contributed by atoms with E-state index in [1.54, 1.807) is 7.11 Å². The molecule has 0 unspecified atom stereocenters. The largest absolute Gasteiger partial charge is 0.493 e. The van der Waals surface area contributed by atoms with Gasteiger partial charge in [-0.05, 0) is 28.1 Å². The predicted molar refractivity (Wildman–Crippen MR) is 65.8 cm³/mol. The van der Waals surface area contributed by atoms with E-state index in [2.05, 4.69) is 32.2 Å². The fraction of sp³-hybridized carbons (Fsp3) is 0.455. The van der Waals surface area contributed by atoms with Gasteiger partial charge in [0.25, 0.3) is 0 Å². The summed E-state index contributed by atoms with van der Waals surface area (Å²) in [7, 11) is 1.71. The lowest BCUT2D eigenvalue weighted by molar-refractivity contribution is 0.410. The number of hydrogen-bond acceptors (Lipinski definition) is 3. The fourth-order valence-electron chi connectivity index (χ4n) is 1.85. The van der Waals surface area contributed by atoms with Crippen LogP contribution >= 0.6 is 15.9 Å². The summed E-state index contributed by atoms with van der Waals surface area (Å²) in [6.45, 7) is 4.14. The van der Waals surface area contributed by atoms with E-state index in [1.807, 2.05) is 12.1 Å². The highest BCUT2D eigenvalue weighted by Crippen LogP contribution is 2.35. The van der Waals surface area contributed by atoms with Crippen LogP contribution < -0.4 is 15.0 Å². The molecule has 1 aromatic carbocycles. The summed E-state index contributed by atoms with van der Waals surface area (Å²) in [5.41, 5.74) is 1.17. The van der Waals surface area contributed by atoms with E-state index in [0.29, 0.717) is 0 Å². The zero-order valence-electron chi connectivity index (χ0n) is 8.79. The minimum atomic E-state index is 0.930. The lowest BCUT2D eigenvalue weighted by Crippen LogP contribution is -2.43. The number of ether oxygens (including phenoxy) is 1. The molecule has 4 heteroatoms. The van der Waals surface area contributed by atoms with Crippen LogP contribution in [0.3, 0.4) is 0 Å². The lowest BCUT2D eigenvalue weighted by atomic mass is 10.2. The Kier molecular flexibility index (Phi) is 3.49. The third-order valence-corrected chi connectivity index (χ3v) is 3.23. The SMILES string of the molecule is COc1c(Br)cccc1N1CCNCC1. The molecule has 1 heterocycles. The number of hydrogen-bond donors (Lipinski definition) is 1. The quantitative estimate of drug-likeness (QED) is 0.888. The van der Waals surface area contributed by atoms with Gasteiger partial charge >= 0.3 is 0 Å². The highest BCUT2D eigenvalue weighted by molar-refractivity contribution is 9.10. The van der Waals surface area contributed by atoms with E-state index in [1.165, 1.54) is 5.69 Å². The summed E-state index contributed by atoms with van der Waals surface area (Å²) in [6.07, 6.45) is 0. The Hall–Kier alpha value is -0.740. The van der Waals surface area contributed by atoms with E-state index in [4.69, 9.17) is 4.74 Å². The van der Waals surface area contributed by atoms with Crippen LogP contribution in [0.5, 0.6) is 5.75 Å². The second-order valence-electron chi connectivity index (χ2n) is 3.53. The molecule has 0 amide bonds. The van der Waals surface area contributed by atoms with Gasteiger partial charge in [-0.3, -0.25) is 0 Å². The number of nitrogens with one attached hydrogen (secondary N) is 1. The maximum Gasteiger partial charge on any atom is 0.156 e. The van der Waals surface area contributed by atoms with Crippen molar-refractivity contribution in [1.82, 2.24) is 5.32 Å². The molecule has 0 spiro atoms. The van der Waals surface area contributed by atoms with Crippen LogP contribution in [0.2, 0.25) is 0 Å². The molecule has 1 aliphatic heterocycles. The van der Waals surface area contributed by atoms with Crippen molar-refractivity contribution >= 4 is 21.6 Å². The van der Waals surface area contributed by atoms with Crippen LogP contribution in [0.1, 0.15) is 0 Å². The van der Waals surface area contributed by atoms with Crippen LogP contribution in [0, 0.1) is 0 Å². The van der Waals surface area contributed by atoms with Crippen molar-refractivity contribution in [2.24, 2.45) is 0 Å². The van der Waals surface area contributed by atoms with E-state index in [9.17, 15) is 0 Å². The number of methoxy groups -OCH3 is 1. The predicted octanol–water partition coefficient (Wildman–Crippen LogP) is 1.87. The number of rotatable bonds is 2. The Bertz CT molecular complexity index is 337. The fourth-order valence-corrected chi connectivity index (χ4v) is 2.37. The molecule has 0 bridgehead atoms. The number of benzene rings is 1. The molecule has 1 aliphatic rings. The minimum Gasteiger partial charge on any atom is -0.493 e. The first kappa shape index (κ1) is 10.8. The summed E-state index contributed by atoms with van der Waals surface area (Å²) in [4.78, 5) is 2.35. The molecular formula is C11H15BrN2O. The van der Waals surface area contributed by atoms with Crippen LogP contribution in [-0.4, -0.2) is 33.3 Å². The Morgan fingerprint density at radius 1 is 1.33 bits per heavy atom. The van der Waals surface area contributed by atoms with Crippen molar-refractivity contribution in [1.29, 1.82) is 0 Å². The Balaban J connectivity index is 2.29. The number of nitrogens with zero attached hydrogens (tertiary/aromatic N) is 1. The topological polar surface area (TPSA) is 24.5 Å². The summed E-state index contributed by atoms with van der Waals surface area (Å²) < 4.78 is 6.44. The number of halogens is 1. The van der Waals surface area contributed by atoms with E-state index < -0.39 is 0 Å². The molecule has 1 N–H and O–H groups in total. The normalized spacial score (nSPS) is 16.5. The van der Waals surface area contributed by atoms with Gasteiger partial charge in [0.05, 0.1) is 17.3 Å². The summed E-state index contributed by atoms with van der Waals surface area (Å²) in [6, 6.07) is 6.16. The first-order valence-corrected chi connectivity index (χ1v) is 5.90. The molecule has 0 radical (unpaired) electrons. The van der Waals surface area contributed by atoms with Crippen LogP contribution in [-0.2, 0) is 0 Å². The molecule has 1 aromatic rings.